The minimum absolute atomic E-state index is 0.305. The molecule has 0 saturated heterocycles. The zero-order valence-electron chi connectivity index (χ0n) is 10.8. The second-order valence-corrected chi connectivity index (χ2v) is 4.37. The molecule has 0 saturated carbocycles. The van der Waals surface area contributed by atoms with E-state index in [-0.39, 0.29) is 5.91 Å². The van der Waals surface area contributed by atoms with E-state index in [1.807, 2.05) is 6.92 Å². The number of primary amides is 1. The lowest BCUT2D eigenvalue weighted by Gasteiger charge is -2.25. The molecule has 0 aliphatic heterocycles. The van der Waals surface area contributed by atoms with Crippen molar-refractivity contribution in [3.63, 3.8) is 0 Å². The molecule has 1 amide bonds. The Morgan fingerprint density at radius 2 is 1.94 bits per heavy atom. The van der Waals surface area contributed by atoms with Crippen LogP contribution < -0.4 is 11.1 Å². The third kappa shape index (κ3) is 6.08. The van der Waals surface area contributed by atoms with Crippen molar-refractivity contribution in [2.24, 2.45) is 5.73 Å². The van der Waals surface area contributed by atoms with Gasteiger partial charge < -0.3 is 15.8 Å². The maximum atomic E-state index is 11.2. The Morgan fingerprint density at radius 1 is 1.31 bits per heavy atom. The molecule has 0 heterocycles. The molecule has 0 rings (SSSR count). The zero-order valence-corrected chi connectivity index (χ0v) is 10.8. The van der Waals surface area contributed by atoms with Crippen molar-refractivity contribution >= 4 is 5.91 Å². The highest BCUT2D eigenvalue weighted by molar-refractivity contribution is 5.84. The van der Waals surface area contributed by atoms with Gasteiger partial charge in [0.05, 0.1) is 5.54 Å². The van der Waals surface area contributed by atoms with Crippen LogP contribution in [0.2, 0.25) is 0 Å². The molecule has 0 aliphatic rings. The number of amides is 1. The zero-order chi connectivity index (χ0) is 12.4. The van der Waals surface area contributed by atoms with Crippen LogP contribution >= 0.6 is 0 Å². The molecule has 0 spiro atoms. The van der Waals surface area contributed by atoms with Gasteiger partial charge in [0, 0.05) is 13.2 Å². The molecule has 0 aromatic rings. The first-order valence-electron chi connectivity index (χ1n) is 6.13. The monoisotopic (exact) mass is 230 g/mol. The summed E-state index contributed by atoms with van der Waals surface area (Å²) in [6, 6.07) is 0. The van der Waals surface area contributed by atoms with Crippen molar-refractivity contribution in [2.45, 2.75) is 51.5 Å². The topological polar surface area (TPSA) is 64.3 Å². The molecule has 0 fully saturated rings. The third-order valence-electron chi connectivity index (χ3n) is 2.95. The molecule has 4 heteroatoms. The van der Waals surface area contributed by atoms with Gasteiger partial charge in [-0.15, -0.1) is 0 Å². The lowest BCUT2D eigenvalue weighted by Crippen LogP contribution is -2.51. The summed E-state index contributed by atoms with van der Waals surface area (Å²) in [7, 11) is 1.76. The average molecular weight is 230 g/mol. The summed E-state index contributed by atoms with van der Waals surface area (Å²) >= 11 is 0. The van der Waals surface area contributed by atoms with Crippen molar-refractivity contribution in [2.75, 3.05) is 20.3 Å². The number of ether oxygens (including phenoxy) is 1. The quantitative estimate of drug-likeness (QED) is 0.558. The first-order chi connectivity index (χ1) is 7.56. The summed E-state index contributed by atoms with van der Waals surface area (Å²) in [5.74, 6) is -0.305. The highest BCUT2D eigenvalue weighted by Crippen LogP contribution is 2.11. The van der Waals surface area contributed by atoms with Crippen LogP contribution in [0.25, 0.3) is 0 Å². The van der Waals surface area contributed by atoms with Crippen molar-refractivity contribution in [1.82, 2.24) is 5.32 Å². The minimum atomic E-state index is -0.604. The van der Waals surface area contributed by atoms with E-state index in [0.717, 1.165) is 19.4 Å². The number of hydrogen-bond donors (Lipinski definition) is 2. The lowest BCUT2D eigenvalue weighted by molar-refractivity contribution is -0.124. The second-order valence-electron chi connectivity index (χ2n) is 4.37. The first kappa shape index (κ1) is 15.4. The van der Waals surface area contributed by atoms with Crippen LogP contribution in [-0.2, 0) is 9.53 Å². The van der Waals surface area contributed by atoms with Crippen molar-refractivity contribution < 1.29 is 9.53 Å². The van der Waals surface area contributed by atoms with Crippen molar-refractivity contribution in [1.29, 1.82) is 0 Å². The largest absolute Gasteiger partial charge is 0.381 e. The molecular weight excluding hydrogens is 204 g/mol. The van der Waals surface area contributed by atoms with E-state index in [4.69, 9.17) is 10.5 Å². The number of rotatable bonds is 10. The number of carbonyl (C=O) groups excluding carboxylic acids is 1. The molecule has 1 atom stereocenters. The molecule has 0 radical (unpaired) electrons. The van der Waals surface area contributed by atoms with Gasteiger partial charge in [-0.25, -0.2) is 0 Å². The van der Waals surface area contributed by atoms with E-state index < -0.39 is 5.54 Å². The van der Waals surface area contributed by atoms with Crippen molar-refractivity contribution in [3.8, 4) is 0 Å². The van der Waals surface area contributed by atoms with E-state index in [0.29, 0.717) is 13.0 Å². The fraction of sp³-hybridized carbons (Fsp3) is 0.917. The number of unbranched alkanes of at least 4 members (excludes halogenated alkanes) is 2. The Bertz CT molecular complexity index is 197. The summed E-state index contributed by atoms with van der Waals surface area (Å²) in [6.45, 7) is 5.52. The average Bonchev–Trinajstić information content (AvgIpc) is 2.27. The van der Waals surface area contributed by atoms with Gasteiger partial charge in [0.25, 0.3) is 0 Å². The van der Waals surface area contributed by atoms with E-state index in [2.05, 4.69) is 12.2 Å². The summed E-state index contributed by atoms with van der Waals surface area (Å²) in [5, 5.41) is 2.96. The number of nitrogens with two attached hydrogens (primary N) is 1. The Kier molecular flexibility index (Phi) is 8.21. The fourth-order valence-electron chi connectivity index (χ4n) is 1.46. The van der Waals surface area contributed by atoms with Crippen LogP contribution in [0.15, 0.2) is 0 Å². The lowest BCUT2D eigenvalue weighted by atomic mass is 9.95. The second kappa shape index (κ2) is 8.53. The minimum Gasteiger partial charge on any atom is -0.381 e. The Morgan fingerprint density at radius 3 is 2.44 bits per heavy atom. The molecule has 3 N–H and O–H groups in total. The van der Waals surface area contributed by atoms with Crippen LogP contribution in [0.4, 0.5) is 0 Å². The highest BCUT2D eigenvalue weighted by atomic mass is 16.5. The van der Waals surface area contributed by atoms with E-state index in [1.54, 1.807) is 7.05 Å². The van der Waals surface area contributed by atoms with Gasteiger partial charge in [0.15, 0.2) is 0 Å². The smallest absolute Gasteiger partial charge is 0.237 e. The Balaban J connectivity index is 3.53. The standard InChI is InChI=1S/C12H26N2O2/c1-4-5-6-9-16-10-7-8-12(2,14-3)11(13)15/h14H,4-10H2,1-3H3,(H2,13,15). The summed E-state index contributed by atoms with van der Waals surface area (Å²) in [5.41, 5.74) is 4.72. The molecule has 0 bridgehead atoms. The molecule has 4 nitrogen and oxygen atoms in total. The maximum absolute atomic E-state index is 11.2. The summed E-state index contributed by atoms with van der Waals surface area (Å²) < 4.78 is 5.48. The molecule has 0 aromatic heterocycles. The molecule has 96 valence electrons. The summed E-state index contributed by atoms with van der Waals surface area (Å²) in [6.07, 6.45) is 5.12. The van der Waals surface area contributed by atoms with Gasteiger partial charge >= 0.3 is 0 Å². The molecule has 0 aromatic carbocycles. The normalized spacial score (nSPS) is 14.7. The van der Waals surface area contributed by atoms with Gasteiger partial charge in [0.2, 0.25) is 5.91 Å². The predicted octanol–water partition coefficient (Wildman–Crippen LogP) is 1.44. The van der Waals surface area contributed by atoms with Crippen molar-refractivity contribution in [3.05, 3.63) is 0 Å². The van der Waals surface area contributed by atoms with Crippen LogP contribution in [0.5, 0.6) is 0 Å². The van der Waals surface area contributed by atoms with Gasteiger partial charge in [-0.3, -0.25) is 4.79 Å². The van der Waals surface area contributed by atoms with Crippen LogP contribution in [0, 0.1) is 0 Å². The molecular formula is C12H26N2O2. The van der Waals surface area contributed by atoms with Gasteiger partial charge in [-0.05, 0) is 33.2 Å². The van der Waals surface area contributed by atoms with Gasteiger partial charge in [0.1, 0.15) is 0 Å². The number of carbonyl (C=O) groups is 1. The highest BCUT2D eigenvalue weighted by Gasteiger charge is 2.27. The van der Waals surface area contributed by atoms with Gasteiger partial charge in [-0.1, -0.05) is 19.8 Å². The summed E-state index contributed by atoms with van der Waals surface area (Å²) in [4.78, 5) is 11.2. The SMILES string of the molecule is CCCCCOCCCC(C)(NC)C(N)=O. The van der Waals surface area contributed by atoms with Gasteiger partial charge in [-0.2, -0.15) is 0 Å². The number of hydrogen-bond acceptors (Lipinski definition) is 3. The van der Waals surface area contributed by atoms with E-state index >= 15 is 0 Å². The van der Waals surface area contributed by atoms with E-state index in [1.165, 1.54) is 12.8 Å². The van der Waals surface area contributed by atoms with Crippen LogP contribution in [0.1, 0.15) is 46.0 Å². The Hall–Kier alpha value is -0.610. The fourth-order valence-corrected chi connectivity index (χ4v) is 1.46. The van der Waals surface area contributed by atoms with E-state index in [9.17, 15) is 4.79 Å². The molecule has 0 aliphatic carbocycles. The third-order valence-corrected chi connectivity index (χ3v) is 2.95. The predicted molar refractivity (Wildman–Crippen MR) is 66.2 cm³/mol. The number of likely N-dealkylation sites (N-methyl/N-ethyl adjacent to an activating group) is 1. The molecule has 16 heavy (non-hydrogen) atoms. The maximum Gasteiger partial charge on any atom is 0.237 e. The van der Waals surface area contributed by atoms with Crippen LogP contribution in [-0.4, -0.2) is 31.7 Å². The van der Waals surface area contributed by atoms with Crippen LogP contribution in [0.3, 0.4) is 0 Å². The molecule has 1 unspecified atom stereocenters. The number of nitrogens with one attached hydrogen (secondary N) is 1. The first-order valence-corrected chi connectivity index (χ1v) is 6.13. The Labute approximate surface area is 98.9 Å².